The summed E-state index contributed by atoms with van der Waals surface area (Å²) < 4.78 is 24.7. The van der Waals surface area contributed by atoms with Crippen LogP contribution in [0, 0.1) is 0 Å². The number of hydrogen-bond acceptors (Lipinski definition) is 7. The summed E-state index contributed by atoms with van der Waals surface area (Å²) in [5, 5.41) is 1.89. The van der Waals surface area contributed by atoms with Crippen molar-refractivity contribution in [2.45, 2.75) is 36.5 Å². The number of thiophene rings is 1. The quantitative estimate of drug-likeness (QED) is 0.756. The molecule has 1 atom stereocenters. The molecule has 2 aromatic rings. The number of likely N-dealkylation sites (tertiary alicyclic amines) is 1. The molecule has 28 heavy (non-hydrogen) atoms. The van der Waals surface area contributed by atoms with E-state index < -0.39 is 9.84 Å². The Morgan fingerprint density at radius 3 is 2.68 bits per heavy atom. The second kappa shape index (κ2) is 7.79. The molecule has 0 N–H and O–H groups in total. The van der Waals surface area contributed by atoms with E-state index in [0.717, 1.165) is 38.8 Å². The number of anilines is 1. The molecule has 2 saturated heterocycles. The van der Waals surface area contributed by atoms with Gasteiger partial charge in [-0.05, 0) is 37.1 Å². The Kier molecular flexibility index (Phi) is 5.37. The Bertz CT molecular complexity index is 954. The lowest BCUT2D eigenvalue weighted by Crippen LogP contribution is -2.39. The third-order valence-electron chi connectivity index (χ3n) is 5.39. The van der Waals surface area contributed by atoms with Crippen LogP contribution in [0.1, 0.15) is 47.0 Å². The first-order valence-electron chi connectivity index (χ1n) is 9.58. The average molecular weight is 421 g/mol. The monoisotopic (exact) mass is 420 g/mol. The van der Waals surface area contributed by atoms with Gasteiger partial charge >= 0.3 is 0 Å². The molecule has 0 spiro atoms. The van der Waals surface area contributed by atoms with Crippen molar-refractivity contribution in [2.24, 2.45) is 0 Å². The zero-order chi connectivity index (χ0) is 19.7. The van der Waals surface area contributed by atoms with Gasteiger partial charge in [0.1, 0.15) is 4.90 Å². The van der Waals surface area contributed by atoms with Crippen LogP contribution in [0.15, 0.2) is 28.6 Å². The lowest BCUT2D eigenvalue weighted by atomic mass is 9.94. The van der Waals surface area contributed by atoms with E-state index in [4.69, 9.17) is 4.98 Å². The lowest BCUT2D eigenvalue weighted by molar-refractivity contribution is 0.0710. The zero-order valence-electron chi connectivity index (χ0n) is 15.9. The number of carbonyl (C=O) groups excluding carboxylic acids is 1. The molecule has 0 aliphatic carbocycles. The number of nitrogens with zero attached hydrogens (tertiary/aromatic N) is 4. The van der Waals surface area contributed by atoms with Crippen LogP contribution in [0.4, 0.5) is 5.95 Å². The van der Waals surface area contributed by atoms with E-state index in [2.05, 4.69) is 9.88 Å². The van der Waals surface area contributed by atoms with Gasteiger partial charge in [-0.15, -0.1) is 11.3 Å². The topological polar surface area (TPSA) is 83.5 Å². The van der Waals surface area contributed by atoms with Crippen LogP contribution in [0.5, 0.6) is 0 Å². The van der Waals surface area contributed by atoms with Crippen molar-refractivity contribution in [2.75, 3.05) is 37.3 Å². The van der Waals surface area contributed by atoms with Gasteiger partial charge in [-0.2, -0.15) is 0 Å². The Labute approximate surface area is 169 Å². The molecule has 0 aromatic carbocycles. The highest BCUT2D eigenvalue weighted by molar-refractivity contribution is 7.90. The minimum absolute atomic E-state index is 0.00873. The van der Waals surface area contributed by atoms with Crippen molar-refractivity contribution in [3.63, 3.8) is 0 Å². The first-order valence-corrected chi connectivity index (χ1v) is 12.4. The van der Waals surface area contributed by atoms with Crippen LogP contribution in [0.3, 0.4) is 0 Å². The molecule has 0 saturated carbocycles. The first kappa shape index (κ1) is 19.3. The fourth-order valence-electron chi connectivity index (χ4n) is 3.96. The molecule has 4 heterocycles. The molecule has 1 amide bonds. The maximum Gasteiger partial charge on any atom is 0.263 e. The smallest absolute Gasteiger partial charge is 0.263 e. The van der Waals surface area contributed by atoms with E-state index in [1.54, 1.807) is 0 Å². The third-order valence-corrected chi connectivity index (χ3v) is 7.36. The van der Waals surface area contributed by atoms with E-state index in [-0.39, 0.29) is 16.7 Å². The van der Waals surface area contributed by atoms with Gasteiger partial charge in [-0.1, -0.05) is 6.07 Å². The van der Waals surface area contributed by atoms with Crippen LogP contribution in [-0.4, -0.2) is 61.6 Å². The summed E-state index contributed by atoms with van der Waals surface area (Å²) in [7, 11) is -3.45. The van der Waals surface area contributed by atoms with E-state index in [0.29, 0.717) is 29.6 Å². The standard InChI is InChI=1S/C19H24N4O3S2/c1-28(25,26)16-12-20-19(22-8-2-3-9-22)21-17(16)14-6-4-10-23(13-14)18(24)15-7-5-11-27-15/h5,7,11-12,14H,2-4,6,8-10,13H2,1H3/t14-/m0/s1. The first-order chi connectivity index (χ1) is 13.4. The molecular formula is C19H24N4O3S2. The fraction of sp³-hybridized carbons (Fsp3) is 0.526. The number of sulfone groups is 1. The van der Waals surface area contributed by atoms with Crippen molar-refractivity contribution in [1.29, 1.82) is 0 Å². The Balaban J connectivity index is 1.65. The summed E-state index contributed by atoms with van der Waals surface area (Å²) in [5.74, 6) is 0.503. The minimum atomic E-state index is -3.45. The highest BCUT2D eigenvalue weighted by Gasteiger charge is 2.31. The van der Waals surface area contributed by atoms with Crippen LogP contribution >= 0.6 is 11.3 Å². The maximum absolute atomic E-state index is 12.8. The number of amides is 1. The molecule has 0 unspecified atom stereocenters. The van der Waals surface area contributed by atoms with Crippen molar-refractivity contribution >= 4 is 33.0 Å². The van der Waals surface area contributed by atoms with Crippen LogP contribution in [0.2, 0.25) is 0 Å². The number of hydrogen-bond donors (Lipinski definition) is 0. The number of aromatic nitrogens is 2. The largest absolute Gasteiger partial charge is 0.341 e. The molecule has 2 aliphatic heterocycles. The Morgan fingerprint density at radius 2 is 2.00 bits per heavy atom. The molecular weight excluding hydrogens is 396 g/mol. The second-order valence-electron chi connectivity index (χ2n) is 7.45. The van der Waals surface area contributed by atoms with Gasteiger partial charge in [0.25, 0.3) is 5.91 Å². The number of carbonyl (C=O) groups is 1. The summed E-state index contributed by atoms with van der Waals surface area (Å²) in [6.45, 7) is 2.96. The fourth-order valence-corrected chi connectivity index (χ4v) is 5.49. The van der Waals surface area contributed by atoms with Gasteiger partial charge in [0, 0.05) is 38.4 Å². The highest BCUT2D eigenvalue weighted by Crippen LogP contribution is 2.32. The molecule has 150 valence electrons. The van der Waals surface area contributed by atoms with Crippen LogP contribution < -0.4 is 4.90 Å². The maximum atomic E-state index is 12.8. The minimum Gasteiger partial charge on any atom is -0.341 e. The van der Waals surface area contributed by atoms with Gasteiger partial charge in [0.15, 0.2) is 9.84 Å². The number of rotatable bonds is 4. The summed E-state index contributed by atoms with van der Waals surface area (Å²) in [4.78, 5) is 26.6. The van der Waals surface area contributed by atoms with Crippen LogP contribution in [-0.2, 0) is 9.84 Å². The van der Waals surface area contributed by atoms with Crippen molar-refractivity contribution < 1.29 is 13.2 Å². The van der Waals surface area contributed by atoms with E-state index in [9.17, 15) is 13.2 Å². The molecule has 0 bridgehead atoms. The summed E-state index contributed by atoms with van der Waals surface area (Å²) in [5.41, 5.74) is 0.558. The number of piperidine rings is 1. The molecule has 7 nitrogen and oxygen atoms in total. The van der Waals surface area contributed by atoms with E-state index in [1.807, 2.05) is 22.4 Å². The predicted molar refractivity (Wildman–Crippen MR) is 109 cm³/mol. The van der Waals surface area contributed by atoms with Crippen molar-refractivity contribution in [3.05, 3.63) is 34.3 Å². The van der Waals surface area contributed by atoms with Crippen LogP contribution in [0.25, 0.3) is 0 Å². The Morgan fingerprint density at radius 1 is 1.21 bits per heavy atom. The summed E-state index contributed by atoms with van der Waals surface area (Å²) >= 11 is 1.43. The van der Waals surface area contributed by atoms with Crippen molar-refractivity contribution in [3.8, 4) is 0 Å². The summed E-state index contributed by atoms with van der Waals surface area (Å²) in [6, 6.07) is 3.70. The molecule has 9 heteroatoms. The predicted octanol–water partition coefficient (Wildman–Crippen LogP) is 2.56. The molecule has 4 rings (SSSR count). The van der Waals surface area contributed by atoms with E-state index >= 15 is 0 Å². The normalized spacial score (nSPS) is 20.5. The Hall–Kier alpha value is -2.00. The van der Waals surface area contributed by atoms with Gasteiger partial charge in [0.05, 0.1) is 16.8 Å². The lowest BCUT2D eigenvalue weighted by Gasteiger charge is -2.33. The third kappa shape index (κ3) is 3.91. The SMILES string of the molecule is CS(=O)(=O)c1cnc(N2CCCC2)nc1[C@H]1CCCN(C(=O)c2cccs2)C1. The van der Waals surface area contributed by atoms with Gasteiger partial charge in [-0.3, -0.25) is 4.79 Å². The average Bonchev–Trinajstić information content (AvgIpc) is 3.40. The zero-order valence-corrected chi connectivity index (χ0v) is 17.5. The van der Waals surface area contributed by atoms with Gasteiger partial charge < -0.3 is 9.80 Å². The van der Waals surface area contributed by atoms with Gasteiger partial charge in [0.2, 0.25) is 5.95 Å². The second-order valence-corrected chi connectivity index (χ2v) is 10.4. The van der Waals surface area contributed by atoms with Crippen molar-refractivity contribution in [1.82, 2.24) is 14.9 Å². The molecule has 2 aromatic heterocycles. The molecule has 2 aliphatic rings. The highest BCUT2D eigenvalue weighted by atomic mass is 32.2. The summed E-state index contributed by atoms with van der Waals surface area (Å²) in [6.07, 6.45) is 6.48. The van der Waals surface area contributed by atoms with E-state index in [1.165, 1.54) is 23.8 Å². The van der Waals surface area contributed by atoms with Gasteiger partial charge in [-0.25, -0.2) is 18.4 Å². The molecule has 2 fully saturated rings. The molecule has 0 radical (unpaired) electrons.